The van der Waals surface area contributed by atoms with Crippen LogP contribution in [-0.2, 0) is 4.74 Å². The van der Waals surface area contributed by atoms with Crippen LogP contribution in [0.5, 0.6) is 0 Å². The molecule has 2 atom stereocenters. The number of hydrogen-bond donors (Lipinski definition) is 4. The lowest BCUT2D eigenvalue weighted by Crippen LogP contribution is -2.43. The molecule has 1 aliphatic heterocycles. The van der Waals surface area contributed by atoms with Crippen LogP contribution in [0.4, 0.5) is 15.8 Å². The van der Waals surface area contributed by atoms with Crippen molar-refractivity contribution in [3.63, 3.8) is 0 Å². The maximum absolute atomic E-state index is 13.2. The monoisotopic (exact) mass is 525 g/mol. The number of aryl methyl sites for hydroxylation is 2. The van der Waals surface area contributed by atoms with Crippen LogP contribution < -0.4 is 15.8 Å². The van der Waals surface area contributed by atoms with E-state index in [0.717, 1.165) is 27.8 Å². The fourth-order valence-electron chi connectivity index (χ4n) is 4.62. The molecule has 8 nitrogen and oxygen atoms in total. The van der Waals surface area contributed by atoms with Crippen LogP contribution in [0, 0.1) is 13.8 Å². The van der Waals surface area contributed by atoms with Crippen molar-refractivity contribution in [1.82, 2.24) is 15.0 Å². The fourth-order valence-corrected chi connectivity index (χ4v) is 4.81. The maximum Gasteiger partial charge on any atom is 0.261 e. The van der Waals surface area contributed by atoms with E-state index in [2.05, 4.69) is 20.2 Å². The largest absolute Gasteiger partial charge is 0.387 e. The zero-order valence-electron chi connectivity index (χ0n) is 20.6. The number of rotatable bonds is 7. The van der Waals surface area contributed by atoms with Crippen LogP contribution in [0.2, 0.25) is 5.02 Å². The van der Waals surface area contributed by atoms with Gasteiger partial charge in [0.1, 0.15) is 24.2 Å². The van der Waals surface area contributed by atoms with E-state index in [0.29, 0.717) is 47.4 Å². The Kier molecular flexibility index (Phi) is 7.19. The van der Waals surface area contributed by atoms with Crippen LogP contribution in [0.3, 0.4) is 0 Å². The molecule has 5 rings (SSSR count). The number of aliphatic hydroxyl groups is 1. The average Bonchev–Trinajstić information content (AvgIpc) is 3.33. The van der Waals surface area contributed by atoms with Crippen LogP contribution in [0.1, 0.15) is 22.8 Å². The van der Waals surface area contributed by atoms with E-state index in [1.165, 1.54) is 0 Å². The van der Waals surface area contributed by atoms with Crippen molar-refractivity contribution in [2.45, 2.75) is 26.1 Å². The van der Waals surface area contributed by atoms with E-state index in [9.17, 15) is 14.3 Å². The number of H-pyrrole nitrogens is 2. The van der Waals surface area contributed by atoms with Gasteiger partial charge in [-0.2, -0.15) is 0 Å². The average molecular weight is 526 g/mol. The van der Waals surface area contributed by atoms with Crippen molar-refractivity contribution in [1.29, 1.82) is 0 Å². The topological polar surface area (TPSA) is 106 Å². The van der Waals surface area contributed by atoms with E-state index >= 15 is 0 Å². The molecule has 3 heterocycles. The van der Waals surface area contributed by atoms with Gasteiger partial charge in [-0.3, -0.25) is 4.79 Å². The number of alkyl halides is 1. The number of pyridine rings is 1. The molecular weight excluding hydrogens is 497 g/mol. The molecule has 1 fully saturated rings. The van der Waals surface area contributed by atoms with Gasteiger partial charge in [0.2, 0.25) is 0 Å². The summed E-state index contributed by atoms with van der Waals surface area (Å²) in [6.07, 6.45) is 0.284. The Morgan fingerprint density at radius 3 is 2.89 bits per heavy atom. The van der Waals surface area contributed by atoms with E-state index < -0.39 is 18.9 Å². The molecule has 194 valence electrons. The van der Waals surface area contributed by atoms with Gasteiger partial charge in [0, 0.05) is 36.5 Å². The van der Waals surface area contributed by atoms with Gasteiger partial charge in [-0.05, 0) is 54.8 Å². The molecule has 4 aromatic rings. The Labute approximate surface area is 218 Å². The number of ether oxygens (including phenoxy) is 1. The summed E-state index contributed by atoms with van der Waals surface area (Å²) in [6.45, 7) is 5.12. The molecule has 37 heavy (non-hydrogen) atoms. The summed E-state index contributed by atoms with van der Waals surface area (Å²) < 4.78 is 18.6. The number of aliphatic hydroxyl groups excluding tert-OH is 1. The van der Waals surface area contributed by atoms with Crippen molar-refractivity contribution in [3.8, 4) is 11.4 Å². The number of benzene rings is 2. The molecule has 10 heteroatoms. The Balaban J connectivity index is 1.43. The quantitative estimate of drug-likeness (QED) is 0.283. The van der Waals surface area contributed by atoms with Gasteiger partial charge in [0.05, 0.1) is 29.4 Å². The maximum atomic E-state index is 13.2. The summed E-state index contributed by atoms with van der Waals surface area (Å²) in [7, 11) is 0. The lowest BCUT2D eigenvalue weighted by Gasteiger charge is -2.33. The number of imidazole rings is 1. The smallest absolute Gasteiger partial charge is 0.261 e. The highest BCUT2D eigenvalue weighted by Gasteiger charge is 2.22. The first kappa shape index (κ1) is 25.3. The summed E-state index contributed by atoms with van der Waals surface area (Å²) in [5, 5.41) is 14.5. The lowest BCUT2D eigenvalue weighted by atomic mass is 10.1. The minimum atomic E-state index is -0.826. The molecule has 0 spiro atoms. The first-order valence-electron chi connectivity index (χ1n) is 12.2. The van der Waals surface area contributed by atoms with Crippen molar-refractivity contribution < 1.29 is 14.2 Å². The molecule has 0 aliphatic carbocycles. The van der Waals surface area contributed by atoms with Crippen LogP contribution in [-0.4, -0.2) is 59.1 Å². The highest BCUT2D eigenvalue weighted by Crippen LogP contribution is 2.30. The minimum absolute atomic E-state index is 0.173. The van der Waals surface area contributed by atoms with Gasteiger partial charge in [0.25, 0.3) is 5.56 Å². The van der Waals surface area contributed by atoms with E-state index in [4.69, 9.17) is 21.3 Å². The number of fused-ring (bicyclic) bond motifs is 1. The highest BCUT2D eigenvalue weighted by molar-refractivity contribution is 6.31. The van der Waals surface area contributed by atoms with Crippen molar-refractivity contribution in [2.75, 3.05) is 43.1 Å². The molecule has 1 saturated heterocycles. The standard InChI is InChI=1S/C27H29ClFN5O3/c1-15-3-4-17(10-20(15)28)23(35)13-31-21-5-6-30-27(36)24(21)26-32-22-11-18(9-16(2)25(22)33-26)34-7-8-37-19(12-29)14-34/h3-6,9-11,19,23,35H,7-8,12-14H2,1-2H3,(H,32,33)(H2,30,31,36)/t19?,23-/m1/s1. The van der Waals surface area contributed by atoms with Crippen LogP contribution in [0.15, 0.2) is 47.4 Å². The number of nitrogens with one attached hydrogen (secondary N) is 3. The molecule has 0 bridgehead atoms. The SMILES string of the molecule is Cc1ccc([C@H](O)CNc2cc[nH]c(=O)c2-c2nc3c(C)cc(N4CCOC(CF)C4)cc3[nH]2)cc1Cl. The molecule has 0 amide bonds. The van der Waals surface area contributed by atoms with Gasteiger partial charge in [0.15, 0.2) is 0 Å². The van der Waals surface area contributed by atoms with Gasteiger partial charge in [-0.25, -0.2) is 9.37 Å². The number of aromatic amines is 2. The van der Waals surface area contributed by atoms with Crippen molar-refractivity contribution >= 4 is 34.0 Å². The number of aromatic nitrogens is 3. The molecule has 1 aliphatic rings. The molecule has 2 aromatic carbocycles. The number of halogens is 2. The number of hydrogen-bond acceptors (Lipinski definition) is 6. The summed E-state index contributed by atoms with van der Waals surface area (Å²) in [4.78, 5) is 25.7. The lowest BCUT2D eigenvalue weighted by molar-refractivity contribution is 0.0247. The van der Waals surface area contributed by atoms with Gasteiger partial charge in [-0.1, -0.05) is 23.7 Å². The van der Waals surface area contributed by atoms with Crippen LogP contribution >= 0.6 is 11.6 Å². The van der Waals surface area contributed by atoms with Gasteiger partial charge >= 0.3 is 0 Å². The number of morpholine rings is 1. The molecule has 0 saturated carbocycles. The van der Waals surface area contributed by atoms with Crippen LogP contribution in [0.25, 0.3) is 22.4 Å². The summed E-state index contributed by atoms with van der Waals surface area (Å²) in [5.74, 6) is 0.413. The third kappa shape index (κ3) is 5.20. The zero-order valence-corrected chi connectivity index (χ0v) is 21.4. The third-order valence-electron chi connectivity index (χ3n) is 6.70. The van der Waals surface area contributed by atoms with Gasteiger partial charge in [-0.15, -0.1) is 0 Å². The second-order valence-electron chi connectivity index (χ2n) is 9.34. The Morgan fingerprint density at radius 1 is 1.27 bits per heavy atom. The Bertz CT molecular complexity index is 1490. The first-order chi connectivity index (χ1) is 17.8. The van der Waals surface area contributed by atoms with E-state index in [1.807, 2.05) is 38.1 Å². The normalized spacial score (nSPS) is 16.8. The summed E-state index contributed by atoms with van der Waals surface area (Å²) >= 11 is 6.21. The molecule has 2 aromatic heterocycles. The summed E-state index contributed by atoms with van der Waals surface area (Å²) in [6, 6.07) is 11.2. The predicted molar refractivity (Wildman–Crippen MR) is 144 cm³/mol. The second kappa shape index (κ2) is 10.5. The van der Waals surface area contributed by atoms with E-state index in [1.54, 1.807) is 18.3 Å². The Morgan fingerprint density at radius 2 is 2.11 bits per heavy atom. The second-order valence-corrected chi connectivity index (χ2v) is 9.75. The third-order valence-corrected chi connectivity index (χ3v) is 7.11. The molecule has 4 N–H and O–H groups in total. The molecule has 1 unspecified atom stereocenters. The Hall–Kier alpha value is -3.40. The van der Waals surface area contributed by atoms with Gasteiger partial charge < -0.3 is 30.0 Å². The van der Waals surface area contributed by atoms with E-state index in [-0.39, 0.29) is 12.1 Å². The summed E-state index contributed by atoms with van der Waals surface area (Å²) in [5.41, 5.74) is 5.59. The predicted octanol–water partition coefficient (Wildman–Crippen LogP) is 4.51. The highest BCUT2D eigenvalue weighted by atomic mass is 35.5. The minimum Gasteiger partial charge on any atom is -0.387 e. The first-order valence-corrected chi connectivity index (χ1v) is 12.5. The zero-order chi connectivity index (χ0) is 26.1. The molecule has 0 radical (unpaired) electrons. The van der Waals surface area contributed by atoms with Crippen molar-refractivity contribution in [2.24, 2.45) is 0 Å². The van der Waals surface area contributed by atoms with Crippen molar-refractivity contribution in [3.05, 3.63) is 74.7 Å². The molecular formula is C27H29ClFN5O3. The fraction of sp³-hybridized carbons (Fsp3) is 0.333. The number of nitrogens with zero attached hydrogens (tertiary/aromatic N) is 2. The number of anilines is 2.